The van der Waals surface area contributed by atoms with Gasteiger partial charge in [0, 0.05) is 6.54 Å². The molecule has 4 N–H and O–H groups in total. The molecule has 3 aromatic rings. The molecule has 1 unspecified atom stereocenters. The van der Waals surface area contributed by atoms with E-state index in [0.717, 1.165) is 29.7 Å². The predicted octanol–water partition coefficient (Wildman–Crippen LogP) is 4.68. The molecule has 1 atom stereocenters. The van der Waals surface area contributed by atoms with E-state index in [-0.39, 0.29) is 11.8 Å². The van der Waals surface area contributed by atoms with E-state index in [9.17, 15) is 4.79 Å². The maximum Gasteiger partial charge on any atom is 0.227 e. The Morgan fingerprint density at radius 2 is 1.80 bits per heavy atom. The van der Waals surface area contributed by atoms with Crippen molar-refractivity contribution in [3.05, 3.63) is 89.8 Å². The third kappa shape index (κ3) is 4.51. The van der Waals surface area contributed by atoms with Gasteiger partial charge in [0.15, 0.2) is 5.95 Å². The SMILES string of the molecule is CC(C(=O)NCC1=CC=C(c2cnc(N)[nH]2)CC1)c1ccc(-c2ccccc2)cc1. The minimum atomic E-state index is -0.196. The van der Waals surface area contributed by atoms with Crippen molar-refractivity contribution < 1.29 is 4.79 Å². The molecule has 0 saturated heterocycles. The van der Waals surface area contributed by atoms with Crippen LogP contribution < -0.4 is 11.1 Å². The molecule has 152 valence electrons. The summed E-state index contributed by atoms with van der Waals surface area (Å²) in [6.07, 6.45) is 7.72. The van der Waals surface area contributed by atoms with Crippen molar-refractivity contribution in [3.63, 3.8) is 0 Å². The molecule has 5 heteroatoms. The lowest BCUT2D eigenvalue weighted by Crippen LogP contribution is -2.30. The average molecular weight is 399 g/mol. The highest BCUT2D eigenvalue weighted by molar-refractivity contribution is 5.83. The summed E-state index contributed by atoms with van der Waals surface area (Å²) in [4.78, 5) is 19.8. The van der Waals surface area contributed by atoms with E-state index in [1.54, 1.807) is 6.20 Å². The summed E-state index contributed by atoms with van der Waals surface area (Å²) in [5.74, 6) is 0.274. The second kappa shape index (κ2) is 8.82. The number of carbonyl (C=O) groups is 1. The van der Waals surface area contributed by atoms with Crippen LogP contribution in [0, 0.1) is 0 Å². The van der Waals surface area contributed by atoms with E-state index < -0.39 is 0 Å². The molecule has 0 spiro atoms. The Kier molecular flexibility index (Phi) is 5.80. The number of rotatable bonds is 6. The van der Waals surface area contributed by atoms with E-state index >= 15 is 0 Å². The molecular formula is C25H26N4O. The summed E-state index contributed by atoms with van der Waals surface area (Å²) in [6.45, 7) is 2.52. The number of hydrogen-bond donors (Lipinski definition) is 3. The maximum absolute atomic E-state index is 12.6. The molecule has 1 aliphatic carbocycles. The van der Waals surface area contributed by atoms with Gasteiger partial charge in [-0.25, -0.2) is 4.98 Å². The standard InChI is InChI=1S/C25H26N4O/c1-17(19-11-13-21(14-12-19)20-5-3-2-4-6-20)24(30)27-15-18-7-9-22(10-8-18)23-16-28-25(26)29-23/h2-7,9,11-14,16-17H,8,10,15H2,1H3,(H,27,30)(H3,26,28,29). The molecule has 0 bridgehead atoms. The molecule has 1 aromatic heterocycles. The summed E-state index contributed by atoms with van der Waals surface area (Å²) >= 11 is 0. The topological polar surface area (TPSA) is 83.8 Å². The number of anilines is 1. The molecule has 2 aromatic carbocycles. The van der Waals surface area contributed by atoms with Crippen LogP contribution in [-0.2, 0) is 4.79 Å². The van der Waals surface area contributed by atoms with Gasteiger partial charge in [0.05, 0.1) is 17.8 Å². The Morgan fingerprint density at radius 1 is 1.07 bits per heavy atom. The molecule has 5 nitrogen and oxygen atoms in total. The number of nitrogens with zero attached hydrogens (tertiary/aromatic N) is 1. The predicted molar refractivity (Wildman–Crippen MR) is 122 cm³/mol. The van der Waals surface area contributed by atoms with Crippen LogP contribution in [0.5, 0.6) is 0 Å². The zero-order valence-corrected chi connectivity index (χ0v) is 17.1. The first-order chi connectivity index (χ1) is 14.6. The lowest BCUT2D eigenvalue weighted by atomic mass is 9.95. The molecule has 1 heterocycles. The number of allylic oxidation sites excluding steroid dienone is 3. The molecule has 30 heavy (non-hydrogen) atoms. The highest BCUT2D eigenvalue weighted by Crippen LogP contribution is 2.26. The third-order valence-corrected chi connectivity index (χ3v) is 5.58. The summed E-state index contributed by atoms with van der Waals surface area (Å²) in [5.41, 5.74) is 12.4. The summed E-state index contributed by atoms with van der Waals surface area (Å²) in [7, 11) is 0. The van der Waals surface area contributed by atoms with Gasteiger partial charge in [0.1, 0.15) is 0 Å². The van der Waals surface area contributed by atoms with E-state index in [2.05, 4.69) is 51.7 Å². The van der Waals surface area contributed by atoms with Gasteiger partial charge in [-0.3, -0.25) is 4.79 Å². The third-order valence-electron chi connectivity index (χ3n) is 5.58. The number of hydrogen-bond acceptors (Lipinski definition) is 3. The first-order valence-corrected chi connectivity index (χ1v) is 10.2. The van der Waals surface area contributed by atoms with Crippen LogP contribution in [0.3, 0.4) is 0 Å². The lowest BCUT2D eigenvalue weighted by molar-refractivity contribution is -0.122. The number of amides is 1. The Balaban J connectivity index is 1.34. The average Bonchev–Trinajstić information content (AvgIpc) is 3.24. The number of aromatic nitrogens is 2. The maximum atomic E-state index is 12.6. The van der Waals surface area contributed by atoms with Crippen LogP contribution in [0.25, 0.3) is 16.7 Å². The largest absolute Gasteiger partial charge is 0.369 e. The van der Waals surface area contributed by atoms with Crippen LogP contribution in [-0.4, -0.2) is 22.4 Å². The first kappa shape index (κ1) is 19.7. The Labute approximate surface area is 176 Å². The molecule has 4 rings (SSSR count). The number of carbonyl (C=O) groups excluding carboxylic acids is 1. The molecule has 0 saturated carbocycles. The number of H-pyrrole nitrogens is 1. The van der Waals surface area contributed by atoms with Gasteiger partial charge in [0.2, 0.25) is 5.91 Å². The van der Waals surface area contributed by atoms with Crippen molar-refractivity contribution >= 4 is 17.4 Å². The van der Waals surface area contributed by atoms with Gasteiger partial charge in [-0.05, 0) is 42.0 Å². The fraction of sp³-hybridized carbons (Fsp3) is 0.200. The monoisotopic (exact) mass is 398 g/mol. The number of nitrogens with one attached hydrogen (secondary N) is 2. The molecule has 0 aliphatic heterocycles. The van der Waals surface area contributed by atoms with Crippen molar-refractivity contribution in [1.82, 2.24) is 15.3 Å². The summed E-state index contributed by atoms with van der Waals surface area (Å²) < 4.78 is 0. The normalized spacial score (nSPS) is 14.6. The van der Waals surface area contributed by atoms with Gasteiger partial charge in [0.25, 0.3) is 0 Å². The van der Waals surface area contributed by atoms with Crippen molar-refractivity contribution in [2.75, 3.05) is 12.3 Å². The number of aromatic amines is 1. The summed E-state index contributed by atoms with van der Waals surface area (Å²) in [5, 5.41) is 3.08. The Morgan fingerprint density at radius 3 is 2.43 bits per heavy atom. The lowest BCUT2D eigenvalue weighted by Gasteiger charge is -2.17. The number of imidazole rings is 1. The van der Waals surface area contributed by atoms with Crippen molar-refractivity contribution in [2.45, 2.75) is 25.7 Å². The van der Waals surface area contributed by atoms with Crippen LogP contribution in [0.15, 0.2) is 78.5 Å². The van der Waals surface area contributed by atoms with Crippen molar-refractivity contribution in [2.24, 2.45) is 0 Å². The van der Waals surface area contributed by atoms with Gasteiger partial charge in [-0.2, -0.15) is 0 Å². The van der Waals surface area contributed by atoms with Crippen LogP contribution in [0.1, 0.15) is 36.9 Å². The van der Waals surface area contributed by atoms with Gasteiger partial charge in [-0.15, -0.1) is 0 Å². The number of nitrogens with two attached hydrogens (primary N) is 1. The number of nitrogen functional groups attached to an aromatic ring is 1. The van der Waals surface area contributed by atoms with Crippen molar-refractivity contribution in [1.29, 1.82) is 0 Å². The van der Waals surface area contributed by atoms with Crippen LogP contribution in [0.2, 0.25) is 0 Å². The van der Waals surface area contributed by atoms with Gasteiger partial charge in [-0.1, -0.05) is 72.3 Å². The fourth-order valence-electron chi connectivity index (χ4n) is 3.65. The van der Waals surface area contributed by atoms with E-state index in [1.807, 2.05) is 37.3 Å². The highest BCUT2D eigenvalue weighted by atomic mass is 16.1. The molecular weight excluding hydrogens is 372 g/mol. The number of benzene rings is 2. The fourth-order valence-corrected chi connectivity index (χ4v) is 3.65. The zero-order chi connectivity index (χ0) is 20.9. The molecule has 0 radical (unpaired) electrons. The van der Waals surface area contributed by atoms with E-state index in [4.69, 9.17) is 5.73 Å². The van der Waals surface area contributed by atoms with Crippen LogP contribution in [0.4, 0.5) is 5.95 Å². The summed E-state index contributed by atoms with van der Waals surface area (Å²) in [6, 6.07) is 18.5. The van der Waals surface area contributed by atoms with E-state index in [0.29, 0.717) is 12.5 Å². The quantitative estimate of drug-likeness (QED) is 0.564. The zero-order valence-electron chi connectivity index (χ0n) is 17.1. The second-order valence-corrected chi connectivity index (χ2v) is 7.63. The molecule has 1 aliphatic rings. The van der Waals surface area contributed by atoms with Gasteiger partial charge >= 0.3 is 0 Å². The smallest absolute Gasteiger partial charge is 0.227 e. The second-order valence-electron chi connectivity index (χ2n) is 7.63. The Hall–Kier alpha value is -3.60. The minimum absolute atomic E-state index is 0.0412. The molecule has 0 fully saturated rings. The molecule has 1 amide bonds. The minimum Gasteiger partial charge on any atom is -0.369 e. The Bertz CT molecular complexity index is 1080. The van der Waals surface area contributed by atoms with E-state index in [1.165, 1.54) is 16.7 Å². The van der Waals surface area contributed by atoms with Crippen molar-refractivity contribution in [3.8, 4) is 11.1 Å². The van der Waals surface area contributed by atoms with Crippen LogP contribution >= 0.6 is 0 Å². The highest BCUT2D eigenvalue weighted by Gasteiger charge is 2.16. The van der Waals surface area contributed by atoms with Gasteiger partial charge < -0.3 is 16.0 Å². The first-order valence-electron chi connectivity index (χ1n) is 10.2.